The van der Waals surface area contributed by atoms with Crippen LogP contribution in [0.4, 0.5) is 17.6 Å². The van der Waals surface area contributed by atoms with Crippen LogP contribution >= 0.6 is 0 Å². The van der Waals surface area contributed by atoms with Crippen LogP contribution in [0.1, 0.15) is 30.4 Å². The molecule has 0 saturated heterocycles. The second-order valence-corrected chi connectivity index (χ2v) is 5.32. The normalized spacial score (nSPS) is 17.7. The molecule has 2 rings (SSSR count). The highest BCUT2D eigenvalue weighted by Crippen LogP contribution is 2.52. The molecule has 1 saturated carbocycles. The number of aliphatic hydroxyl groups excluding tert-OH is 1. The van der Waals surface area contributed by atoms with E-state index in [0.717, 1.165) is 25.0 Å². The number of benzene rings is 1. The average molecular weight is 300 g/mol. The van der Waals surface area contributed by atoms with Crippen LogP contribution in [-0.2, 0) is 11.6 Å². The number of hydrogen-bond donors (Lipinski definition) is 1. The summed E-state index contributed by atoms with van der Waals surface area (Å²) in [7, 11) is 0. The van der Waals surface area contributed by atoms with Crippen LogP contribution in [0.3, 0.4) is 0 Å². The van der Waals surface area contributed by atoms with Crippen LogP contribution in [-0.4, -0.2) is 11.7 Å². The lowest BCUT2D eigenvalue weighted by Gasteiger charge is -2.16. The summed E-state index contributed by atoms with van der Waals surface area (Å²) in [6.07, 6.45) is 0.805. The molecule has 1 aliphatic rings. The maximum absolute atomic E-state index is 13.6. The lowest BCUT2D eigenvalue weighted by atomic mass is 9.90. The van der Waals surface area contributed by atoms with Gasteiger partial charge >= 0.3 is 6.18 Å². The van der Waals surface area contributed by atoms with Gasteiger partial charge in [0.05, 0.1) is 12.2 Å². The van der Waals surface area contributed by atoms with Gasteiger partial charge in [0, 0.05) is 0 Å². The van der Waals surface area contributed by atoms with E-state index in [2.05, 4.69) is 6.58 Å². The van der Waals surface area contributed by atoms with Crippen molar-refractivity contribution in [2.75, 3.05) is 6.61 Å². The third-order valence-electron chi connectivity index (χ3n) is 3.94. The molecule has 1 aliphatic carbocycles. The molecular weight excluding hydrogens is 284 g/mol. The highest BCUT2D eigenvalue weighted by atomic mass is 19.4. The Morgan fingerprint density at radius 1 is 1.33 bits per heavy atom. The largest absolute Gasteiger partial charge is 0.419 e. The molecule has 0 spiro atoms. The van der Waals surface area contributed by atoms with Crippen LogP contribution in [0.2, 0.25) is 0 Å². The third-order valence-corrected chi connectivity index (χ3v) is 3.94. The Hall–Kier alpha value is -1.62. The monoisotopic (exact) mass is 300 g/mol. The summed E-state index contributed by atoms with van der Waals surface area (Å²) in [5.41, 5.74) is -0.312. The van der Waals surface area contributed by atoms with Crippen molar-refractivity contribution in [3.63, 3.8) is 0 Å². The minimum atomic E-state index is -4.67. The molecule has 0 radical (unpaired) electrons. The van der Waals surface area contributed by atoms with Crippen molar-refractivity contribution in [3.05, 3.63) is 59.4 Å². The molecule has 0 atom stereocenters. The molecule has 1 aromatic carbocycles. The molecule has 5 heteroatoms. The first-order valence-corrected chi connectivity index (χ1v) is 6.62. The van der Waals surface area contributed by atoms with E-state index < -0.39 is 17.6 Å². The quantitative estimate of drug-likeness (QED) is 0.632. The van der Waals surface area contributed by atoms with Crippen molar-refractivity contribution in [2.45, 2.75) is 30.9 Å². The van der Waals surface area contributed by atoms with Gasteiger partial charge in [-0.2, -0.15) is 13.2 Å². The van der Waals surface area contributed by atoms with Crippen molar-refractivity contribution >= 4 is 0 Å². The number of rotatable bonds is 5. The molecule has 0 aromatic heterocycles. The van der Waals surface area contributed by atoms with E-state index in [-0.39, 0.29) is 12.0 Å². The van der Waals surface area contributed by atoms with Crippen molar-refractivity contribution in [3.8, 4) is 0 Å². The number of allylic oxidation sites excluding steroid dienone is 1. The van der Waals surface area contributed by atoms with Gasteiger partial charge < -0.3 is 5.11 Å². The van der Waals surface area contributed by atoms with Crippen molar-refractivity contribution < 1.29 is 22.7 Å². The lowest BCUT2D eigenvalue weighted by Crippen LogP contribution is -2.11. The topological polar surface area (TPSA) is 20.2 Å². The summed E-state index contributed by atoms with van der Waals surface area (Å²) in [4.78, 5) is 0. The van der Waals surface area contributed by atoms with Gasteiger partial charge in [0.25, 0.3) is 0 Å². The zero-order chi connectivity index (χ0) is 15.7. The zero-order valence-electron chi connectivity index (χ0n) is 11.4. The van der Waals surface area contributed by atoms with Crippen LogP contribution in [0.25, 0.3) is 0 Å². The third kappa shape index (κ3) is 3.35. The molecule has 0 unspecified atom stereocenters. The molecular formula is C16H16F4O. The van der Waals surface area contributed by atoms with E-state index >= 15 is 0 Å². The number of alkyl halides is 3. The summed E-state index contributed by atoms with van der Waals surface area (Å²) < 4.78 is 51.3. The van der Waals surface area contributed by atoms with Crippen LogP contribution < -0.4 is 0 Å². The Morgan fingerprint density at radius 3 is 2.43 bits per heavy atom. The van der Waals surface area contributed by atoms with Gasteiger partial charge in [-0.1, -0.05) is 24.8 Å². The van der Waals surface area contributed by atoms with Crippen molar-refractivity contribution in [2.24, 2.45) is 0 Å². The van der Waals surface area contributed by atoms with Gasteiger partial charge in [-0.3, -0.25) is 0 Å². The summed E-state index contributed by atoms with van der Waals surface area (Å²) in [6.45, 7) is 3.43. The zero-order valence-corrected chi connectivity index (χ0v) is 11.4. The second-order valence-electron chi connectivity index (χ2n) is 5.32. The molecule has 1 fully saturated rings. The molecule has 1 nitrogen and oxygen atoms in total. The number of halogens is 4. The molecule has 21 heavy (non-hydrogen) atoms. The molecule has 0 aliphatic heterocycles. The fourth-order valence-electron chi connectivity index (χ4n) is 2.38. The van der Waals surface area contributed by atoms with Gasteiger partial charge in [0.15, 0.2) is 0 Å². The SMILES string of the molecule is C=C/C(=C\CC1(c2ccc(C(F)(F)F)c(F)c2)CC1)CO. The first-order valence-electron chi connectivity index (χ1n) is 6.62. The first-order chi connectivity index (χ1) is 9.82. The number of hydrogen-bond acceptors (Lipinski definition) is 1. The van der Waals surface area contributed by atoms with E-state index in [1.807, 2.05) is 0 Å². The standard InChI is InChI=1S/C16H16F4O/c1-2-11(10-21)5-6-15(7-8-15)12-3-4-13(14(17)9-12)16(18,19)20/h2-5,9,21H,1,6-8,10H2/b11-5+. The van der Waals surface area contributed by atoms with Gasteiger partial charge in [-0.25, -0.2) is 4.39 Å². The van der Waals surface area contributed by atoms with Gasteiger partial charge in [0.2, 0.25) is 0 Å². The first kappa shape index (κ1) is 15.8. The molecule has 1 N–H and O–H groups in total. The van der Waals surface area contributed by atoms with E-state index in [0.29, 0.717) is 17.6 Å². The second kappa shape index (κ2) is 5.64. The molecule has 0 heterocycles. The summed E-state index contributed by atoms with van der Waals surface area (Å²) in [5, 5.41) is 9.06. The highest BCUT2D eigenvalue weighted by molar-refractivity contribution is 5.37. The highest BCUT2D eigenvalue weighted by Gasteiger charge is 2.44. The van der Waals surface area contributed by atoms with E-state index in [1.54, 1.807) is 6.08 Å². The van der Waals surface area contributed by atoms with Gasteiger partial charge in [-0.15, -0.1) is 0 Å². The van der Waals surface area contributed by atoms with Crippen LogP contribution in [0, 0.1) is 5.82 Å². The summed E-state index contributed by atoms with van der Waals surface area (Å²) in [6, 6.07) is 3.13. The summed E-state index contributed by atoms with van der Waals surface area (Å²) >= 11 is 0. The molecule has 1 aromatic rings. The van der Waals surface area contributed by atoms with Gasteiger partial charge in [0.1, 0.15) is 5.82 Å². The van der Waals surface area contributed by atoms with Crippen LogP contribution in [0.15, 0.2) is 42.5 Å². The van der Waals surface area contributed by atoms with E-state index in [4.69, 9.17) is 5.11 Å². The minimum Gasteiger partial charge on any atom is -0.392 e. The van der Waals surface area contributed by atoms with E-state index in [9.17, 15) is 17.6 Å². The Bertz CT molecular complexity index is 568. The average Bonchev–Trinajstić information content (AvgIpc) is 3.19. The van der Waals surface area contributed by atoms with Gasteiger partial charge in [-0.05, 0) is 47.9 Å². The lowest BCUT2D eigenvalue weighted by molar-refractivity contribution is -0.140. The van der Waals surface area contributed by atoms with Crippen molar-refractivity contribution in [1.82, 2.24) is 0 Å². The Labute approximate surface area is 120 Å². The predicted octanol–water partition coefficient (Wildman–Crippen LogP) is 4.37. The Morgan fingerprint density at radius 2 is 2.00 bits per heavy atom. The predicted molar refractivity (Wildman–Crippen MR) is 72.3 cm³/mol. The van der Waals surface area contributed by atoms with Crippen LogP contribution in [0.5, 0.6) is 0 Å². The molecule has 0 bridgehead atoms. The van der Waals surface area contributed by atoms with Crippen molar-refractivity contribution in [1.29, 1.82) is 0 Å². The number of aliphatic hydroxyl groups is 1. The molecule has 0 amide bonds. The Balaban J connectivity index is 2.24. The fraction of sp³-hybridized carbons (Fsp3) is 0.375. The Kier molecular flexibility index (Phi) is 4.23. The maximum Gasteiger partial charge on any atom is 0.419 e. The summed E-state index contributed by atoms with van der Waals surface area (Å²) in [5.74, 6) is -1.23. The minimum absolute atomic E-state index is 0.138. The van der Waals surface area contributed by atoms with E-state index in [1.165, 1.54) is 12.1 Å². The molecule has 114 valence electrons. The maximum atomic E-state index is 13.6. The fourth-order valence-corrected chi connectivity index (χ4v) is 2.38. The smallest absolute Gasteiger partial charge is 0.392 e.